The number of hydrogen-bond acceptors (Lipinski definition) is 5. The van der Waals surface area contributed by atoms with Gasteiger partial charge in [-0.05, 0) is 36.6 Å². The maximum absolute atomic E-state index is 13.6. The number of rotatable bonds is 4. The Morgan fingerprint density at radius 1 is 1.23 bits per heavy atom. The molecule has 0 atom stereocenters. The fraction of sp³-hybridized carbons (Fsp3) is 0.118. The summed E-state index contributed by atoms with van der Waals surface area (Å²) in [5.74, 6) is -1.12. The molecule has 1 aromatic carbocycles. The highest BCUT2D eigenvalue weighted by Crippen LogP contribution is 2.30. The minimum atomic E-state index is -0.812. The van der Waals surface area contributed by atoms with Crippen LogP contribution in [0.4, 0.5) is 14.5 Å². The first-order valence-corrected chi connectivity index (χ1v) is 9.49. The maximum atomic E-state index is 13.6. The third kappa shape index (κ3) is 3.04. The van der Waals surface area contributed by atoms with Gasteiger partial charge in [0.1, 0.15) is 22.5 Å². The van der Waals surface area contributed by atoms with Crippen LogP contribution in [0.25, 0.3) is 15.7 Å². The van der Waals surface area contributed by atoms with Crippen molar-refractivity contribution in [3.05, 3.63) is 53.2 Å². The second kappa shape index (κ2) is 6.65. The number of amides is 1. The minimum absolute atomic E-state index is 0.0308. The molecule has 4 rings (SSSR count). The molecule has 0 radical (unpaired) electrons. The fourth-order valence-corrected chi connectivity index (χ4v) is 4.20. The topological polar surface area (TPSA) is 59.3 Å². The van der Waals surface area contributed by atoms with Gasteiger partial charge in [0.15, 0.2) is 0 Å². The number of fused-ring (bicyclic) bond motifs is 3. The number of hydrogen-bond donors (Lipinski definition) is 1. The smallest absolute Gasteiger partial charge is 0.234 e. The number of benzene rings is 1. The Kier molecular flexibility index (Phi) is 4.33. The molecule has 0 spiro atoms. The number of nitrogens with one attached hydrogen (secondary N) is 1. The summed E-state index contributed by atoms with van der Waals surface area (Å²) in [5.41, 5.74) is 1.88. The molecule has 0 saturated carbocycles. The Morgan fingerprint density at radius 3 is 2.88 bits per heavy atom. The summed E-state index contributed by atoms with van der Waals surface area (Å²) in [7, 11) is 0. The van der Waals surface area contributed by atoms with Gasteiger partial charge in [0.05, 0.1) is 27.2 Å². The molecule has 26 heavy (non-hydrogen) atoms. The lowest BCUT2D eigenvalue weighted by molar-refractivity contribution is -0.113. The monoisotopic (exact) mass is 390 g/mol. The average Bonchev–Trinajstić information content (AvgIpc) is 3.18. The highest BCUT2D eigenvalue weighted by molar-refractivity contribution is 8.00. The maximum Gasteiger partial charge on any atom is 0.234 e. The third-order valence-corrected chi connectivity index (χ3v) is 5.62. The van der Waals surface area contributed by atoms with E-state index >= 15 is 0 Å². The summed E-state index contributed by atoms with van der Waals surface area (Å²) < 4.78 is 29.7. The number of nitrogens with zero attached hydrogens (tertiary/aromatic N) is 3. The molecule has 0 bridgehead atoms. The molecular weight excluding hydrogens is 378 g/mol. The molecule has 3 heterocycles. The van der Waals surface area contributed by atoms with E-state index in [9.17, 15) is 13.6 Å². The van der Waals surface area contributed by atoms with E-state index in [2.05, 4.69) is 15.5 Å². The predicted octanol–water partition coefficient (Wildman–Crippen LogP) is 4.26. The fourth-order valence-electron chi connectivity index (χ4n) is 2.66. The van der Waals surface area contributed by atoms with E-state index in [4.69, 9.17) is 0 Å². The van der Waals surface area contributed by atoms with Gasteiger partial charge < -0.3 is 5.32 Å². The molecule has 9 heteroatoms. The van der Waals surface area contributed by atoms with Crippen LogP contribution in [0.15, 0.2) is 40.7 Å². The molecule has 1 amide bonds. The van der Waals surface area contributed by atoms with E-state index in [-0.39, 0.29) is 11.4 Å². The lowest BCUT2D eigenvalue weighted by Crippen LogP contribution is -2.15. The number of thioether (sulfide) groups is 1. The number of anilines is 1. The number of thiophene rings is 1. The zero-order chi connectivity index (χ0) is 18.3. The second-order valence-corrected chi connectivity index (χ2v) is 7.46. The Balaban J connectivity index is 1.54. The molecule has 0 aliphatic carbocycles. The van der Waals surface area contributed by atoms with Crippen LogP contribution in [-0.4, -0.2) is 26.3 Å². The first-order valence-electron chi connectivity index (χ1n) is 7.62. The molecule has 0 fully saturated rings. The van der Waals surface area contributed by atoms with Crippen LogP contribution >= 0.6 is 23.1 Å². The Hall–Kier alpha value is -2.52. The van der Waals surface area contributed by atoms with Crippen LogP contribution in [0.3, 0.4) is 0 Å². The zero-order valence-corrected chi connectivity index (χ0v) is 15.1. The van der Waals surface area contributed by atoms with Gasteiger partial charge in [-0.1, -0.05) is 11.8 Å². The lowest BCUT2D eigenvalue weighted by Gasteiger charge is -2.07. The van der Waals surface area contributed by atoms with Crippen LogP contribution in [0.1, 0.15) is 5.82 Å². The van der Waals surface area contributed by atoms with Crippen LogP contribution in [0.2, 0.25) is 0 Å². The largest absolute Gasteiger partial charge is 0.323 e. The van der Waals surface area contributed by atoms with Crippen LogP contribution in [0, 0.1) is 18.6 Å². The number of carbonyl (C=O) groups excluding carboxylic acids is 1. The summed E-state index contributed by atoms with van der Waals surface area (Å²) >= 11 is 2.84. The minimum Gasteiger partial charge on any atom is -0.323 e. The Labute approximate surface area is 155 Å². The standard InChI is InChI=1S/C17H12F2N4OS2/c1-9-21-22-17(14-7-15-13(23(9)14)4-5-25-15)26-8-16(24)20-12-3-2-10(18)6-11(12)19/h2-7H,8H2,1H3,(H,20,24). The van der Waals surface area contributed by atoms with Crippen LogP contribution in [0.5, 0.6) is 0 Å². The molecule has 1 N–H and O–H groups in total. The van der Waals surface area contributed by atoms with Crippen molar-refractivity contribution in [3.63, 3.8) is 0 Å². The molecule has 0 saturated heterocycles. The molecule has 0 unspecified atom stereocenters. The first kappa shape index (κ1) is 16.9. The summed E-state index contributed by atoms with van der Waals surface area (Å²) in [6, 6.07) is 7.04. The summed E-state index contributed by atoms with van der Waals surface area (Å²) in [5, 5.41) is 13.4. The number of aromatic nitrogens is 3. The van der Waals surface area contributed by atoms with Crippen molar-refractivity contribution in [1.29, 1.82) is 0 Å². The zero-order valence-electron chi connectivity index (χ0n) is 13.5. The van der Waals surface area contributed by atoms with Gasteiger partial charge in [0.25, 0.3) is 0 Å². The van der Waals surface area contributed by atoms with Crippen molar-refractivity contribution < 1.29 is 13.6 Å². The SMILES string of the molecule is Cc1nnc(SCC(=O)Nc2ccc(F)cc2F)c2cc3sccc3n12. The second-order valence-electron chi connectivity index (χ2n) is 5.55. The lowest BCUT2D eigenvalue weighted by atomic mass is 10.3. The van der Waals surface area contributed by atoms with Gasteiger partial charge in [-0.15, -0.1) is 21.5 Å². The Bertz CT molecular complexity index is 1140. The molecule has 0 aliphatic rings. The summed E-state index contributed by atoms with van der Waals surface area (Å²) in [6.45, 7) is 1.87. The van der Waals surface area contributed by atoms with E-state index in [1.54, 1.807) is 11.3 Å². The van der Waals surface area contributed by atoms with E-state index in [0.29, 0.717) is 5.03 Å². The van der Waals surface area contributed by atoms with Crippen LogP contribution < -0.4 is 5.32 Å². The van der Waals surface area contributed by atoms with E-state index < -0.39 is 17.5 Å². The average molecular weight is 390 g/mol. The number of halogens is 2. The van der Waals surface area contributed by atoms with Gasteiger partial charge in [0.2, 0.25) is 5.91 Å². The van der Waals surface area contributed by atoms with Gasteiger partial charge in [0, 0.05) is 6.07 Å². The van der Waals surface area contributed by atoms with Gasteiger partial charge in [-0.3, -0.25) is 9.20 Å². The highest BCUT2D eigenvalue weighted by atomic mass is 32.2. The third-order valence-electron chi connectivity index (χ3n) is 3.80. The van der Waals surface area contributed by atoms with Crippen molar-refractivity contribution in [3.8, 4) is 0 Å². The van der Waals surface area contributed by atoms with Crippen molar-refractivity contribution in [2.24, 2.45) is 0 Å². The molecule has 3 aromatic heterocycles. The van der Waals surface area contributed by atoms with Crippen molar-refractivity contribution in [2.45, 2.75) is 11.9 Å². The van der Waals surface area contributed by atoms with Crippen molar-refractivity contribution >= 4 is 50.4 Å². The van der Waals surface area contributed by atoms with E-state index in [0.717, 1.165) is 33.7 Å². The predicted molar refractivity (Wildman–Crippen MR) is 98.8 cm³/mol. The van der Waals surface area contributed by atoms with Gasteiger partial charge >= 0.3 is 0 Å². The highest BCUT2D eigenvalue weighted by Gasteiger charge is 2.15. The van der Waals surface area contributed by atoms with Gasteiger partial charge in [-0.2, -0.15) is 0 Å². The van der Waals surface area contributed by atoms with E-state index in [1.165, 1.54) is 17.8 Å². The molecular formula is C17H12F2N4OS2. The molecule has 5 nitrogen and oxygen atoms in total. The first-order chi connectivity index (χ1) is 12.5. The molecule has 4 aromatic rings. The number of aryl methyl sites for hydroxylation is 1. The van der Waals surface area contributed by atoms with Crippen LogP contribution in [-0.2, 0) is 4.79 Å². The van der Waals surface area contributed by atoms with Gasteiger partial charge in [-0.25, -0.2) is 8.78 Å². The van der Waals surface area contributed by atoms with Crippen molar-refractivity contribution in [1.82, 2.24) is 14.6 Å². The normalized spacial score (nSPS) is 11.3. The number of carbonyl (C=O) groups is 1. The summed E-state index contributed by atoms with van der Waals surface area (Å²) in [4.78, 5) is 12.1. The van der Waals surface area contributed by atoms with Crippen molar-refractivity contribution in [2.75, 3.05) is 11.1 Å². The summed E-state index contributed by atoms with van der Waals surface area (Å²) in [6.07, 6.45) is 0. The Morgan fingerprint density at radius 2 is 2.08 bits per heavy atom. The molecule has 132 valence electrons. The molecule has 0 aliphatic heterocycles. The quantitative estimate of drug-likeness (QED) is 0.529. The van der Waals surface area contributed by atoms with E-state index in [1.807, 2.05) is 28.8 Å².